The highest BCUT2D eigenvalue weighted by Crippen LogP contribution is 2.40. The lowest BCUT2D eigenvalue weighted by Crippen LogP contribution is -2.57. The number of aromatic amines is 1. The molecule has 0 bridgehead atoms. The number of benzene rings is 2. The van der Waals surface area contributed by atoms with Crippen molar-refractivity contribution in [1.29, 1.82) is 5.26 Å². The highest BCUT2D eigenvalue weighted by Gasteiger charge is 2.33. The van der Waals surface area contributed by atoms with Gasteiger partial charge in [-0.1, -0.05) is 6.07 Å². The Labute approximate surface area is 211 Å². The van der Waals surface area contributed by atoms with E-state index in [-0.39, 0.29) is 23.1 Å². The number of morpholine rings is 1. The Bertz CT molecular complexity index is 1590. The summed E-state index contributed by atoms with van der Waals surface area (Å²) in [5, 5.41) is 13.6. The maximum Gasteiger partial charge on any atom is 0.207 e. The van der Waals surface area contributed by atoms with Gasteiger partial charge >= 0.3 is 0 Å². The lowest BCUT2D eigenvalue weighted by molar-refractivity contribution is -0.00896. The molecule has 2 atom stereocenters. The van der Waals surface area contributed by atoms with Crippen LogP contribution in [0, 0.1) is 23.0 Å². The summed E-state index contributed by atoms with van der Waals surface area (Å²) in [7, 11) is 0. The largest absolute Gasteiger partial charge is 0.373 e. The fourth-order valence-electron chi connectivity index (χ4n) is 5.37. The van der Waals surface area contributed by atoms with Gasteiger partial charge in [-0.3, -0.25) is 9.78 Å². The van der Waals surface area contributed by atoms with Gasteiger partial charge in [-0.2, -0.15) is 5.26 Å². The van der Waals surface area contributed by atoms with Crippen molar-refractivity contribution in [2.45, 2.75) is 18.6 Å². The topological polar surface area (TPSA) is 94.0 Å². The minimum absolute atomic E-state index is 0.0175. The third-order valence-electron chi connectivity index (χ3n) is 7.11. The van der Waals surface area contributed by atoms with Crippen molar-refractivity contribution in [3.63, 3.8) is 0 Å². The van der Waals surface area contributed by atoms with E-state index in [1.165, 1.54) is 18.3 Å². The van der Waals surface area contributed by atoms with Crippen LogP contribution < -0.4 is 15.6 Å². The highest BCUT2D eigenvalue weighted by atomic mass is 19.1. The van der Waals surface area contributed by atoms with Gasteiger partial charge in [-0.25, -0.2) is 8.78 Å². The van der Waals surface area contributed by atoms with Gasteiger partial charge in [0.15, 0.2) is 0 Å². The number of hydrogen-bond donors (Lipinski definition) is 2. The standard InChI is InChI=1S/C28H23F2N5O2/c29-19-7-17(8-20(30)10-19)22-14-34-24-2-1-16(23-13-32-12-18(11-31)28(23)36)9-21(24)27(22)35-5-3-25-26(15-35)37-6-4-33-25/h1-2,7-10,12-14,25-26,33H,3-6,15H2,(H,32,36)/t25?,26-/m1/s1. The maximum atomic E-state index is 14.3. The molecule has 2 fully saturated rings. The zero-order valence-electron chi connectivity index (χ0n) is 19.8. The first kappa shape index (κ1) is 23.3. The predicted molar refractivity (Wildman–Crippen MR) is 136 cm³/mol. The highest BCUT2D eigenvalue weighted by molar-refractivity contribution is 6.01. The third-order valence-corrected chi connectivity index (χ3v) is 7.11. The third kappa shape index (κ3) is 4.24. The molecular formula is C28H23F2N5O2. The quantitative estimate of drug-likeness (QED) is 0.443. The van der Waals surface area contributed by atoms with Gasteiger partial charge in [0.1, 0.15) is 23.3 Å². The van der Waals surface area contributed by atoms with Crippen LogP contribution in [0.15, 0.2) is 59.8 Å². The van der Waals surface area contributed by atoms with Crippen molar-refractivity contribution in [1.82, 2.24) is 15.3 Å². The first-order chi connectivity index (χ1) is 18.0. The normalized spacial score (nSPS) is 19.4. The number of fused-ring (bicyclic) bond motifs is 2. The Kier molecular flexibility index (Phi) is 5.91. The number of piperidine rings is 1. The molecule has 0 radical (unpaired) electrons. The predicted octanol–water partition coefficient (Wildman–Crippen LogP) is 3.97. The smallest absolute Gasteiger partial charge is 0.207 e. The molecule has 6 rings (SSSR count). The van der Waals surface area contributed by atoms with Crippen LogP contribution in [0.3, 0.4) is 0 Å². The van der Waals surface area contributed by atoms with Crippen molar-refractivity contribution in [3.8, 4) is 28.3 Å². The molecule has 2 aliphatic heterocycles. The van der Waals surface area contributed by atoms with Gasteiger partial charge in [0.25, 0.3) is 0 Å². The van der Waals surface area contributed by atoms with Gasteiger partial charge < -0.3 is 19.9 Å². The van der Waals surface area contributed by atoms with Gasteiger partial charge in [-0.05, 0) is 41.8 Å². The van der Waals surface area contributed by atoms with Crippen LogP contribution in [0.4, 0.5) is 14.5 Å². The lowest BCUT2D eigenvalue weighted by Gasteiger charge is -2.43. The number of hydrogen-bond acceptors (Lipinski definition) is 6. The Morgan fingerprint density at radius 1 is 1.08 bits per heavy atom. The molecule has 0 spiro atoms. The summed E-state index contributed by atoms with van der Waals surface area (Å²) in [6, 6.07) is 11.1. The molecule has 2 saturated heterocycles. The van der Waals surface area contributed by atoms with E-state index in [0.717, 1.165) is 30.1 Å². The molecule has 2 aromatic heterocycles. The van der Waals surface area contributed by atoms with Crippen LogP contribution in [0.25, 0.3) is 33.2 Å². The SMILES string of the molecule is N#Cc1c[nH]cc(-c2ccc3ncc(-c4cc(F)cc(F)c4)c(N4CCC5NCCO[C@@H]5C4)c3c2)c1=O. The number of halogens is 2. The average molecular weight is 500 g/mol. The number of ether oxygens (including phenoxy) is 1. The summed E-state index contributed by atoms with van der Waals surface area (Å²) in [4.78, 5) is 22.5. The molecule has 9 heteroatoms. The zero-order valence-corrected chi connectivity index (χ0v) is 19.8. The molecular weight excluding hydrogens is 476 g/mol. The minimum Gasteiger partial charge on any atom is -0.373 e. The van der Waals surface area contributed by atoms with Crippen LogP contribution in [0.1, 0.15) is 12.0 Å². The lowest BCUT2D eigenvalue weighted by atomic mass is 9.94. The van der Waals surface area contributed by atoms with E-state index in [2.05, 4.69) is 20.2 Å². The molecule has 4 aromatic rings. The molecule has 7 nitrogen and oxygen atoms in total. The summed E-state index contributed by atoms with van der Waals surface area (Å²) < 4.78 is 34.6. The number of rotatable bonds is 3. The van der Waals surface area contributed by atoms with Crippen molar-refractivity contribution in [2.24, 2.45) is 0 Å². The summed E-state index contributed by atoms with van der Waals surface area (Å²) in [5.74, 6) is -1.35. The molecule has 0 saturated carbocycles. The van der Waals surface area contributed by atoms with Gasteiger partial charge in [0.05, 0.1) is 23.9 Å². The molecule has 2 N–H and O–H groups in total. The van der Waals surface area contributed by atoms with Gasteiger partial charge in [0, 0.05) is 66.8 Å². The van der Waals surface area contributed by atoms with Gasteiger partial charge in [0.2, 0.25) is 5.43 Å². The first-order valence-corrected chi connectivity index (χ1v) is 12.1. The molecule has 2 aromatic carbocycles. The molecule has 1 unspecified atom stereocenters. The average Bonchev–Trinajstić information content (AvgIpc) is 2.91. The number of aromatic nitrogens is 2. The van der Waals surface area contributed by atoms with E-state index in [4.69, 9.17) is 4.74 Å². The summed E-state index contributed by atoms with van der Waals surface area (Å²) in [6.07, 6.45) is 5.39. The van der Waals surface area contributed by atoms with Crippen molar-refractivity contribution in [2.75, 3.05) is 31.1 Å². The number of nitriles is 1. The monoisotopic (exact) mass is 499 g/mol. The van der Waals surface area contributed by atoms with Crippen LogP contribution in [0.2, 0.25) is 0 Å². The summed E-state index contributed by atoms with van der Waals surface area (Å²) >= 11 is 0. The van der Waals surface area contributed by atoms with Crippen LogP contribution >= 0.6 is 0 Å². The number of nitrogens with one attached hydrogen (secondary N) is 2. The van der Waals surface area contributed by atoms with Crippen molar-refractivity contribution < 1.29 is 13.5 Å². The summed E-state index contributed by atoms with van der Waals surface area (Å²) in [6.45, 7) is 2.73. The van der Waals surface area contributed by atoms with E-state index in [0.29, 0.717) is 47.5 Å². The second kappa shape index (κ2) is 9.39. The Hall–Kier alpha value is -4.13. The molecule has 0 aliphatic carbocycles. The van der Waals surface area contributed by atoms with E-state index < -0.39 is 11.6 Å². The second-order valence-corrected chi connectivity index (χ2v) is 9.34. The minimum atomic E-state index is -0.673. The fourth-order valence-corrected chi connectivity index (χ4v) is 5.37. The van der Waals surface area contributed by atoms with E-state index in [1.807, 2.05) is 18.2 Å². The molecule has 37 heavy (non-hydrogen) atoms. The second-order valence-electron chi connectivity index (χ2n) is 9.34. The molecule has 186 valence electrons. The molecule has 0 amide bonds. The number of nitrogens with zero attached hydrogens (tertiary/aromatic N) is 3. The van der Waals surface area contributed by atoms with Crippen molar-refractivity contribution >= 4 is 16.6 Å². The number of H-pyrrole nitrogens is 1. The van der Waals surface area contributed by atoms with E-state index in [9.17, 15) is 18.8 Å². The van der Waals surface area contributed by atoms with E-state index in [1.54, 1.807) is 18.5 Å². The maximum absolute atomic E-state index is 14.3. The summed E-state index contributed by atoms with van der Waals surface area (Å²) in [5.41, 5.74) is 3.03. The number of pyridine rings is 2. The molecule has 4 heterocycles. The number of anilines is 1. The Morgan fingerprint density at radius 3 is 2.73 bits per heavy atom. The van der Waals surface area contributed by atoms with Gasteiger partial charge in [-0.15, -0.1) is 0 Å². The Balaban J connectivity index is 1.57. The van der Waals surface area contributed by atoms with Crippen LogP contribution in [0.5, 0.6) is 0 Å². The van der Waals surface area contributed by atoms with E-state index >= 15 is 0 Å². The fraction of sp³-hybridized carbons (Fsp3) is 0.250. The van der Waals surface area contributed by atoms with Crippen LogP contribution in [-0.2, 0) is 4.74 Å². The van der Waals surface area contributed by atoms with Crippen LogP contribution in [-0.4, -0.2) is 48.4 Å². The zero-order chi connectivity index (χ0) is 25.5. The Morgan fingerprint density at radius 2 is 1.92 bits per heavy atom. The molecule has 2 aliphatic rings. The first-order valence-electron chi connectivity index (χ1n) is 12.1. The van der Waals surface area contributed by atoms with Crippen molar-refractivity contribution in [3.05, 3.63) is 82.4 Å².